The third kappa shape index (κ3) is 5.60. The standard InChI is InChI=1S/C25H32N6O/c1-18(2)31-13-11-30(12-14-31)10-9-24(32)28-21-7-8-23-22(16-21)25(27-17-26-23)29-20-6-4-5-19(3)15-20/h4-8,15-18H,9-14H2,1-3H3,(H,28,32)(H,26,27,29). The highest BCUT2D eigenvalue weighted by Crippen LogP contribution is 2.26. The predicted octanol–water partition coefficient (Wildman–Crippen LogP) is 4.04. The molecule has 2 heterocycles. The molecule has 168 valence electrons. The summed E-state index contributed by atoms with van der Waals surface area (Å²) >= 11 is 0. The number of fused-ring (bicyclic) bond motifs is 1. The van der Waals surface area contributed by atoms with E-state index >= 15 is 0 Å². The van der Waals surface area contributed by atoms with Crippen molar-refractivity contribution in [3.63, 3.8) is 0 Å². The van der Waals surface area contributed by atoms with Crippen LogP contribution in [-0.4, -0.2) is 64.4 Å². The maximum absolute atomic E-state index is 12.6. The lowest BCUT2D eigenvalue weighted by molar-refractivity contribution is -0.116. The molecule has 0 unspecified atom stereocenters. The van der Waals surface area contributed by atoms with E-state index in [9.17, 15) is 4.79 Å². The SMILES string of the molecule is Cc1cccc(Nc2ncnc3ccc(NC(=O)CCN4CCN(C(C)C)CC4)cc23)c1. The number of hydrogen-bond acceptors (Lipinski definition) is 6. The summed E-state index contributed by atoms with van der Waals surface area (Å²) in [4.78, 5) is 26.2. The van der Waals surface area contributed by atoms with Gasteiger partial charge in [-0.1, -0.05) is 12.1 Å². The number of nitrogens with zero attached hydrogens (tertiary/aromatic N) is 4. The van der Waals surface area contributed by atoms with Crippen molar-refractivity contribution < 1.29 is 4.79 Å². The summed E-state index contributed by atoms with van der Waals surface area (Å²) in [7, 11) is 0. The Kier molecular flexibility index (Phi) is 6.97. The number of aromatic nitrogens is 2. The summed E-state index contributed by atoms with van der Waals surface area (Å²) in [6.45, 7) is 11.5. The number of carbonyl (C=O) groups is 1. The first kappa shape index (κ1) is 22.2. The zero-order chi connectivity index (χ0) is 22.5. The van der Waals surface area contributed by atoms with E-state index in [0.717, 1.165) is 60.8 Å². The molecule has 2 N–H and O–H groups in total. The summed E-state index contributed by atoms with van der Waals surface area (Å²) in [6.07, 6.45) is 2.04. The quantitative estimate of drug-likeness (QED) is 0.587. The Hall–Kier alpha value is -3.03. The minimum Gasteiger partial charge on any atom is -0.340 e. The van der Waals surface area contributed by atoms with Crippen LogP contribution in [0.5, 0.6) is 0 Å². The lowest BCUT2D eigenvalue weighted by atomic mass is 10.2. The number of carbonyl (C=O) groups excluding carboxylic acids is 1. The second kappa shape index (κ2) is 10.1. The van der Waals surface area contributed by atoms with Crippen LogP contribution in [-0.2, 0) is 4.79 Å². The highest BCUT2D eigenvalue weighted by atomic mass is 16.1. The number of nitrogens with one attached hydrogen (secondary N) is 2. The number of amides is 1. The summed E-state index contributed by atoms with van der Waals surface area (Å²) in [5, 5.41) is 7.29. The van der Waals surface area contributed by atoms with E-state index < -0.39 is 0 Å². The number of aryl methyl sites for hydroxylation is 1. The van der Waals surface area contributed by atoms with Crippen molar-refractivity contribution in [1.82, 2.24) is 19.8 Å². The van der Waals surface area contributed by atoms with E-state index in [1.165, 1.54) is 5.56 Å². The van der Waals surface area contributed by atoms with Crippen LogP contribution in [0, 0.1) is 6.92 Å². The van der Waals surface area contributed by atoms with Crippen LogP contribution in [0.1, 0.15) is 25.8 Å². The second-order valence-corrected chi connectivity index (χ2v) is 8.72. The molecule has 0 atom stereocenters. The van der Waals surface area contributed by atoms with Gasteiger partial charge in [0, 0.05) is 61.9 Å². The Balaban J connectivity index is 1.38. The van der Waals surface area contributed by atoms with Crippen LogP contribution in [0.2, 0.25) is 0 Å². The van der Waals surface area contributed by atoms with Crippen molar-refractivity contribution >= 4 is 34.0 Å². The largest absolute Gasteiger partial charge is 0.340 e. The molecule has 1 fully saturated rings. The lowest BCUT2D eigenvalue weighted by Gasteiger charge is -2.36. The van der Waals surface area contributed by atoms with Gasteiger partial charge in [0.2, 0.25) is 5.91 Å². The van der Waals surface area contributed by atoms with Gasteiger partial charge in [0.1, 0.15) is 12.1 Å². The minimum absolute atomic E-state index is 0.0284. The average Bonchev–Trinajstić information content (AvgIpc) is 2.78. The molecule has 1 saturated heterocycles. The van der Waals surface area contributed by atoms with Crippen molar-refractivity contribution in [2.75, 3.05) is 43.4 Å². The number of hydrogen-bond donors (Lipinski definition) is 2. The number of rotatable bonds is 7. The highest BCUT2D eigenvalue weighted by Gasteiger charge is 2.19. The topological polar surface area (TPSA) is 73.4 Å². The van der Waals surface area contributed by atoms with Crippen LogP contribution in [0.4, 0.5) is 17.2 Å². The van der Waals surface area contributed by atoms with Crippen LogP contribution in [0.15, 0.2) is 48.8 Å². The molecule has 4 rings (SSSR count). The molecule has 1 aromatic heterocycles. The molecule has 1 amide bonds. The first-order valence-electron chi connectivity index (χ1n) is 11.3. The van der Waals surface area contributed by atoms with Crippen LogP contribution >= 0.6 is 0 Å². The van der Waals surface area contributed by atoms with E-state index in [4.69, 9.17) is 0 Å². The molecule has 1 aliphatic rings. The van der Waals surface area contributed by atoms with E-state index in [1.54, 1.807) is 6.33 Å². The molecule has 0 radical (unpaired) electrons. The summed E-state index contributed by atoms with van der Waals surface area (Å²) in [5.41, 5.74) is 3.73. The monoisotopic (exact) mass is 432 g/mol. The minimum atomic E-state index is 0.0284. The van der Waals surface area contributed by atoms with Gasteiger partial charge in [0.25, 0.3) is 0 Å². The maximum atomic E-state index is 12.6. The average molecular weight is 433 g/mol. The Morgan fingerprint density at radius 2 is 1.84 bits per heavy atom. The molecular weight excluding hydrogens is 400 g/mol. The normalized spacial score (nSPS) is 15.2. The van der Waals surface area contributed by atoms with Gasteiger partial charge < -0.3 is 15.5 Å². The molecule has 2 aromatic carbocycles. The van der Waals surface area contributed by atoms with Gasteiger partial charge in [-0.3, -0.25) is 9.69 Å². The summed E-state index contributed by atoms with van der Waals surface area (Å²) in [5.74, 6) is 0.750. The predicted molar refractivity (Wildman–Crippen MR) is 130 cm³/mol. The second-order valence-electron chi connectivity index (χ2n) is 8.72. The van der Waals surface area contributed by atoms with Gasteiger partial charge in [-0.25, -0.2) is 9.97 Å². The first-order chi connectivity index (χ1) is 15.5. The lowest BCUT2D eigenvalue weighted by Crippen LogP contribution is -2.49. The third-order valence-corrected chi connectivity index (χ3v) is 5.99. The number of piperazine rings is 1. The van der Waals surface area contributed by atoms with Gasteiger partial charge >= 0.3 is 0 Å². The molecule has 3 aromatic rings. The Morgan fingerprint density at radius 3 is 2.59 bits per heavy atom. The maximum Gasteiger partial charge on any atom is 0.225 e. The zero-order valence-corrected chi connectivity index (χ0v) is 19.1. The molecule has 0 spiro atoms. The molecule has 7 heteroatoms. The molecule has 0 saturated carbocycles. The first-order valence-corrected chi connectivity index (χ1v) is 11.3. The zero-order valence-electron chi connectivity index (χ0n) is 19.1. The fourth-order valence-corrected chi connectivity index (χ4v) is 4.08. The van der Waals surface area contributed by atoms with Crippen molar-refractivity contribution in [2.24, 2.45) is 0 Å². The molecule has 32 heavy (non-hydrogen) atoms. The van der Waals surface area contributed by atoms with Crippen LogP contribution in [0.25, 0.3) is 10.9 Å². The molecular formula is C25H32N6O. The van der Waals surface area contributed by atoms with Crippen molar-refractivity contribution in [3.05, 3.63) is 54.4 Å². The van der Waals surface area contributed by atoms with E-state index in [1.807, 2.05) is 30.3 Å². The number of anilines is 3. The molecule has 1 aliphatic heterocycles. The molecule has 0 aliphatic carbocycles. The van der Waals surface area contributed by atoms with Gasteiger partial charge in [-0.15, -0.1) is 0 Å². The van der Waals surface area contributed by atoms with Crippen LogP contribution < -0.4 is 10.6 Å². The van der Waals surface area contributed by atoms with Gasteiger partial charge in [-0.2, -0.15) is 0 Å². The van der Waals surface area contributed by atoms with E-state index in [2.05, 4.69) is 63.3 Å². The van der Waals surface area contributed by atoms with E-state index in [0.29, 0.717) is 12.5 Å². The van der Waals surface area contributed by atoms with Crippen molar-refractivity contribution in [1.29, 1.82) is 0 Å². The fourth-order valence-electron chi connectivity index (χ4n) is 4.08. The van der Waals surface area contributed by atoms with Crippen LogP contribution in [0.3, 0.4) is 0 Å². The summed E-state index contributed by atoms with van der Waals surface area (Å²) < 4.78 is 0. The molecule has 0 bridgehead atoms. The van der Waals surface area contributed by atoms with Gasteiger partial charge in [0.15, 0.2) is 0 Å². The van der Waals surface area contributed by atoms with Gasteiger partial charge in [0.05, 0.1) is 5.52 Å². The Morgan fingerprint density at radius 1 is 1.03 bits per heavy atom. The number of benzene rings is 2. The highest BCUT2D eigenvalue weighted by molar-refractivity contribution is 5.97. The fraction of sp³-hybridized carbons (Fsp3) is 0.400. The van der Waals surface area contributed by atoms with Gasteiger partial charge in [-0.05, 0) is 56.7 Å². The summed E-state index contributed by atoms with van der Waals surface area (Å²) in [6, 6.07) is 14.5. The van der Waals surface area contributed by atoms with Crippen molar-refractivity contribution in [2.45, 2.75) is 33.2 Å². The molecule has 7 nitrogen and oxygen atoms in total. The van der Waals surface area contributed by atoms with Crippen molar-refractivity contribution in [3.8, 4) is 0 Å². The third-order valence-electron chi connectivity index (χ3n) is 5.99. The Bertz CT molecular complexity index is 1070. The Labute approximate surface area is 189 Å². The smallest absolute Gasteiger partial charge is 0.225 e. The van der Waals surface area contributed by atoms with E-state index in [-0.39, 0.29) is 5.91 Å².